The van der Waals surface area contributed by atoms with Gasteiger partial charge in [0.15, 0.2) is 0 Å². The van der Waals surface area contributed by atoms with E-state index in [0.717, 1.165) is 10.8 Å². The first-order chi connectivity index (χ1) is 7.15. The lowest BCUT2D eigenvalue weighted by Crippen LogP contribution is -2.16. The second-order valence-electron chi connectivity index (χ2n) is 3.18. The van der Waals surface area contributed by atoms with Gasteiger partial charge in [0.25, 0.3) is 0 Å². The third kappa shape index (κ3) is 1.97. The molecular formula is C11H10O2PS-. The molecule has 2 rings (SSSR count). The van der Waals surface area contributed by atoms with E-state index in [2.05, 4.69) is 0 Å². The molecule has 0 saturated heterocycles. The summed E-state index contributed by atoms with van der Waals surface area (Å²) in [6, 6.07) is 13.3. The molecule has 0 amide bonds. The molecule has 1 unspecified atom stereocenters. The van der Waals surface area contributed by atoms with Gasteiger partial charge in [0.1, 0.15) is 0 Å². The maximum atomic E-state index is 12.0. The van der Waals surface area contributed by atoms with Crippen LogP contribution in [0.1, 0.15) is 0 Å². The first kappa shape index (κ1) is 10.8. The van der Waals surface area contributed by atoms with Crippen LogP contribution >= 0.6 is 6.49 Å². The summed E-state index contributed by atoms with van der Waals surface area (Å²) in [4.78, 5) is 12.0. The minimum Gasteiger partial charge on any atom is -0.797 e. The minimum atomic E-state index is -3.09. The molecule has 0 fully saturated rings. The lowest BCUT2D eigenvalue weighted by molar-refractivity contribution is -0.176. The van der Waals surface area contributed by atoms with Gasteiger partial charge in [0, 0.05) is 18.9 Å². The highest BCUT2D eigenvalue weighted by atomic mass is 32.5. The number of rotatable bonds is 2. The van der Waals surface area contributed by atoms with E-state index < -0.39 is 6.49 Å². The molecule has 0 radical (unpaired) electrons. The van der Waals surface area contributed by atoms with E-state index in [1.54, 1.807) is 6.07 Å². The zero-order chi connectivity index (χ0) is 10.9. The van der Waals surface area contributed by atoms with Crippen LogP contribution in [0, 0.1) is 0 Å². The van der Waals surface area contributed by atoms with Crippen LogP contribution < -0.4 is 10.2 Å². The molecule has 0 N–H and O–H groups in total. The van der Waals surface area contributed by atoms with Crippen LogP contribution in [0.4, 0.5) is 0 Å². The highest BCUT2D eigenvalue weighted by Crippen LogP contribution is 2.37. The standard InChI is InChI=1S/C11H11O2PS/c1-13-14(12,15)11-8-4-6-9-5-2-3-7-10(9)11/h2-8H,1H3,(H,12,15)/p-1. The molecule has 2 aromatic carbocycles. The third-order valence-electron chi connectivity index (χ3n) is 2.30. The Kier molecular flexibility index (Phi) is 2.89. The van der Waals surface area contributed by atoms with Gasteiger partial charge in [0.05, 0.1) is 0 Å². The van der Waals surface area contributed by atoms with Crippen LogP contribution in [0.5, 0.6) is 0 Å². The topological polar surface area (TPSA) is 32.3 Å². The average Bonchev–Trinajstić information content (AvgIpc) is 2.28. The van der Waals surface area contributed by atoms with Gasteiger partial charge in [-0.2, -0.15) is 0 Å². The Hall–Kier alpha value is -0.730. The number of fused-ring (bicyclic) bond motifs is 1. The Morgan fingerprint density at radius 3 is 2.53 bits per heavy atom. The van der Waals surface area contributed by atoms with Gasteiger partial charge in [-0.1, -0.05) is 54.3 Å². The van der Waals surface area contributed by atoms with Crippen molar-refractivity contribution < 1.29 is 9.42 Å². The average molecular weight is 237 g/mol. The van der Waals surface area contributed by atoms with Crippen molar-refractivity contribution >= 4 is 34.4 Å². The molecule has 0 bridgehead atoms. The van der Waals surface area contributed by atoms with E-state index >= 15 is 0 Å². The predicted octanol–water partition coefficient (Wildman–Crippen LogP) is 1.78. The Balaban J connectivity index is 2.77. The molecule has 15 heavy (non-hydrogen) atoms. The van der Waals surface area contributed by atoms with Gasteiger partial charge in [0.2, 0.25) is 0 Å². The van der Waals surface area contributed by atoms with Gasteiger partial charge in [-0.15, -0.1) is 0 Å². The van der Waals surface area contributed by atoms with Gasteiger partial charge in [-0.3, -0.25) is 0 Å². The maximum Gasteiger partial charge on any atom is 0.0396 e. The van der Waals surface area contributed by atoms with E-state index in [4.69, 9.17) is 16.3 Å². The molecule has 2 aromatic rings. The summed E-state index contributed by atoms with van der Waals surface area (Å²) in [7, 11) is 1.38. The molecule has 0 spiro atoms. The van der Waals surface area contributed by atoms with Crippen LogP contribution in [-0.4, -0.2) is 7.11 Å². The zero-order valence-corrected chi connectivity index (χ0v) is 9.92. The predicted molar refractivity (Wildman–Crippen MR) is 64.9 cm³/mol. The molecule has 0 aliphatic heterocycles. The summed E-state index contributed by atoms with van der Waals surface area (Å²) in [6.07, 6.45) is 0. The number of hydrogen-bond acceptors (Lipinski definition) is 3. The second kappa shape index (κ2) is 4.03. The van der Waals surface area contributed by atoms with Crippen LogP contribution in [0.2, 0.25) is 0 Å². The van der Waals surface area contributed by atoms with E-state index in [1.165, 1.54) is 7.11 Å². The van der Waals surface area contributed by atoms with Gasteiger partial charge in [-0.25, -0.2) is 0 Å². The van der Waals surface area contributed by atoms with E-state index in [9.17, 15) is 4.89 Å². The van der Waals surface area contributed by atoms with Crippen LogP contribution in [-0.2, 0) is 16.3 Å². The van der Waals surface area contributed by atoms with Crippen LogP contribution in [0.25, 0.3) is 10.8 Å². The summed E-state index contributed by atoms with van der Waals surface area (Å²) in [6.45, 7) is -3.09. The van der Waals surface area contributed by atoms with Crippen molar-refractivity contribution in [3.05, 3.63) is 42.5 Å². The molecule has 2 nitrogen and oxygen atoms in total. The molecule has 0 aliphatic rings. The molecule has 78 valence electrons. The summed E-state index contributed by atoms with van der Waals surface area (Å²) >= 11 is 4.97. The van der Waals surface area contributed by atoms with Crippen molar-refractivity contribution in [3.63, 3.8) is 0 Å². The summed E-state index contributed by atoms with van der Waals surface area (Å²) in [5.74, 6) is 0. The largest absolute Gasteiger partial charge is 0.797 e. The Morgan fingerprint density at radius 1 is 1.13 bits per heavy atom. The summed E-state index contributed by atoms with van der Waals surface area (Å²) in [5, 5.41) is 2.54. The molecule has 4 heteroatoms. The fourth-order valence-electron chi connectivity index (χ4n) is 1.55. The van der Waals surface area contributed by atoms with Crippen molar-refractivity contribution in [1.29, 1.82) is 0 Å². The van der Waals surface area contributed by atoms with Gasteiger partial charge in [-0.05, 0) is 10.8 Å². The molecule has 0 aromatic heterocycles. The first-order valence-electron chi connectivity index (χ1n) is 4.50. The lowest BCUT2D eigenvalue weighted by Gasteiger charge is -2.27. The van der Waals surface area contributed by atoms with Crippen molar-refractivity contribution in [1.82, 2.24) is 0 Å². The minimum absolute atomic E-state index is 0.609. The third-order valence-corrected chi connectivity index (χ3v) is 4.80. The van der Waals surface area contributed by atoms with Gasteiger partial charge < -0.3 is 9.42 Å². The molecule has 0 aliphatic carbocycles. The Bertz CT molecular complexity index is 534. The van der Waals surface area contributed by atoms with Crippen LogP contribution in [0.15, 0.2) is 42.5 Å². The van der Waals surface area contributed by atoms with Crippen molar-refractivity contribution in [2.75, 3.05) is 7.11 Å². The normalized spacial score (nSPS) is 15.1. The number of benzene rings is 2. The molecule has 0 heterocycles. The van der Waals surface area contributed by atoms with E-state index in [1.807, 2.05) is 36.4 Å². The molecule has 0 saturated carbocycles. The molecule has 1 atom stereocenters. The zero-order valence-electron chi connectivity index (χ0n) is 8.21. The fourth-order valence-corrected chi connectivity index (χ4v) is 2.99. The van der Waals surface area contributed by atoms with Crippen molar-refractivity contribution in [3.8, 4) is 0 Å². The SMILES string of the molecule is COP([O-])(=S)c1cccc2ccccc12. The fraction of sp³-hybridized carbons (Fsp3) is 0.0909. The highest BCUT2D eigenvalue weighted by molar-refractivity contribution is 8.12. The van der Waals surface area contributed by atoms with Crippen molar-refractivity contribution in [2.24, 2.45) is 0 Å². The second-order valence-corrected chi connectivity index (χ2v) is 6.46. The maximum absolute atomic E-state index is 12.0. The summed E-state index contributed by atoms with van der Waals surface area (Å²) in [5.41, 5.74) is 0. The Labute approximate surface area is 93.7 Å². The first-order valence-corrected chi connectivity index (χ1v) is 7.14. The lowest BCUT2D eigenvalue weighted by atomic mass is 10.1. The Morgan fingerprint density at radius 2 is 1.80 bits per heavy atom. The quantitative estimate of drug-likeness (QED) is 0.746. The smallest absolute Gasteiger partial charge is 0.0396 e. The van der Waals surface area contributed by atoms with Gasteiger partial charge >= 0.3 is 0 Å². The molecular weight excluding hydrogens is 227 g/mol. The monoisotopic (exact) mass is 237 g/mol. The van der Waals surface area contributed by atoms with Crippen LogP contribution in [0.3, 0.4) is 0 Å². The van der Waals surface area contributed by atoms with E-state index in [-0.39, 0.29) is 0 Å². The number of hydrogen-bond donors (Lipinski definition) is 0. The highest BCUT2D eigenvalue weighted by Gasteiger charge is 2.08. The summed E-state index contributed by atoms with van der Waals surface area (Å²) < 4.78 is 4.90. The van der Waals surface area contributed by atoms with Crippen molar-refractivity contribution in [2.45, 2.75) is 0 Å². The van der Waals surface area contributed by atoms with E-state index in [0.29, 0.717) is 5.30 Å².